The second-order valence-electron chi connectivity index (χ2n) is 4.50. The van der Waals surface area contributed by atoms with Crippen LogP contribution in [-0.2, 0) is 9.59 Å². The van der Waals surface area contributed by atoms with Gasteiger partial charge in [0.1, 0.15) is 6.29 Å². The Kier molecular flexibility index (Phi) is 5.07. The summed E-state index contributed by atoms with van der Waals surface area (Å²) < 4.78 is 0. The van der Waals surface area contributed by atoms with E-state index in [0.717, 1.165) is 17.4 Å². The number of hydrogen-bond acceptors (Lipinski definition) is 2. The van der Waals surface area contributed by atoms with Crippen LogP contribution >= 0.6 is 0 Å². The molecule has 0 aliphatic heterocycles. The lowest BCUT2D eigenvalue weighted by molar-refractivity contribution is -0.121. The summed E-state index contributed by atoms with van der Waals surface area (Å²) in [5.41, 5.74) is 1.89. The minimum atomic E-state index is -0.343. The van der Waals surface area contributed by atoms with Crippen molar-refractivity contribution in [2.45, 2.75) is 12.3 Å². The first-order valence-corrected chi connectivity index (χ1v) is 6.64. The summed E-state index contributed by atoms with van der Waals surface area (Å²) in [5.74, 6) is -0.423. The zero-order chi connectivity index (χ0) is 14.2. The Bertz CT molecular complexity index is 512. The van der Waals surface area contributed by atoms with Gasteiger partial charge in [-0.2, -0.15) is 0 Å². The molecule has 2 rings (SSSR count). The maximum absolute atomic E-state index is 12.4. The van der Waals surface area contributed by atoms with Gasteiger partial charge in [-0.05, 0) is 11.1 Å². The lowest BCUT2D eigenvalue weighted by Gasteiger charge is -2.17. The standard InChI is InChI=1S/C17H17NO2/c19-13-7-12-18-17(20)16(14-8-3-1-4-9-14)15-10-5-2-6-11-15/h1-6,8-11,13,16H,7,12H2,(H,18,20). The molecule has 0 atom stereocenters. The van der Waals surface area contributed by atoms with Crippen molar-refractivity contribution in [3.05, 3.63) is 71.8 Å². The number of amides is 1. The Balaban J connectivity index is 2.25. The smallest absolute Gasteiger partial charge is 0.232 e. The predicted octanol–water partition coefficient (Wildman–Crippen LogP) is 2.52. The number of rotatable bonds is 6. The van der Waals surface area contributed by atoms with Crippen LogP contribution in [0.4, 0.5) is 0 Å². The first kappa shape index (κ1) is 14.0. The van der Waals surface area contributed by atoms with Crippen molar-refractivity contribution in [2.24, 2.45) is 0 Å². The first-order chi connectivity index (χ1) is 9.83. The molecule has 0 fully saturated rings. The Labute approximate surface area is 118 Å². The van der Waals surface area contributed by atoms with E-state index in [2.05, 4.69) is 5.32 Å². The van der Waals surface area contributed by atoms with Gasteiger partial charge in [-0.3, -0.25) is 4.79 Å². The highest BCUT2D eigenvalue weighted by Crippen LogP contribution is 2.24. The first-order valence-electron chi connectivity index (χ1n) is 6.64. The van der Waals surface area contributed by atoms with Crippen molar-refractivity contribution in [3.63, 3.8) is 0 Å². The fourth-order valence-corrected chi connectivity index (χ4v) is 2.14. The van der Waals surface area contributed by atoms with Crippen molar-refractivity contribution >= 4 is 12.2 Å². The molecular formula is C17H17NO2. The molecule has 20 heavy (non-hydrogen) atoms. The predicted molar refractivity (Wildman–Crippen MR) is 78.4 cm³/mol. The van der Waals surface area contributed by atoms with Crippen LogP contribution in [-0.4, -0.2) is 18.7 Å². The Morgan fingerprint density at radius 1 is 0.950 bits per heavy atom. The van der Waals surface area contributed by atoms with Gasteiger partial charge >= 0.3 is 0 Å². The van der Waals surface area contributed by atoms with E-state index in [-0.39, 0.29) is 11.8 Å². The van der Waals surface area contributed by atoms with Gasteiger partial charge in [0.15, 0.2) is 0 Å². The molecule has 0 saturated heterocycles. The van der Waals surface area contributed by atoms with Crippen LogP contribution in [0.3, 0.4) is 0 Å². The molecule has 0 radical (unpaired) electrons. The van der Waals surface area contributed by atoms with E-state index in [9.17, 15) is 9.59 Å². The number of hydrogen-bond donors (Lipinski definition) is 1. The molecule has 3 heteroatoms. The molecule has 1 amide bonds. The molecule has 0 unspecified atom stereocenters. The van der Waals surface area contributed by atoms with Gasteiger partial charge < -0.3 is 10.1 Å². The summed E-state index contributed by atoms with van der Waals surface area (Å²) in [6.07, 6.45) is 1.14. The summed E-state index contributed by atoms with van der Waals surface area (Å²) in [4.78, 5) is 22.7. The van der Waals surface area contributed by atoms with Crippen molar-refractivity contribution < 1.29 is 9.59 Å². The number of aldehydes is 1. The fraction of sp³-hybridized carbons (Fsp3) is 0.176. The summed E-state index contributed by atoms with van der Waals surface area (Å²) in [7, 11) is 0. The van der Waals surface area contributed by atoms with Gasteiger partial charge in [0, 0.05) is 13.0 Å². The topological polar surface area (TPSA) is 46.2 Å². The van der Waals surface area contributed by atoms with Crippen molar-refractivity contribution in [1.29, 1.82) is 0 Å². The normalized spacial score (nSPS) is 10.2. The maximum Gasteiger partial charge on any atom is 0.232 e. The van der Waals surface area contributed by atoms with Crippen LogP contribution < -0.4 is 5.32 Å². The largest absolute Gasteiger partial charge is 0.355 e. The van der Waals surface area contributed by atoms with E-state index in [1.54, 1.807) is 0 Å². The maximum atomic E-state index is 12.4. The van der Waals surface area contributed by atoms with E-state index in [1.165, 1.54) is 0 Å². The molecular weight excluding hydrogens is 250 g/mol. The minimum Gasteiger partial charge on any atom is -0.355 e. The Morgan fingerprint density at radius 3 is 1.90 bits per heavy atom. The van der Waals surface area contributed by atoms with Gasteiger partial charge in [-0.1, -0.05) is 60.7 Å². The Morgan fingerprint density at radius 2 is 1.45 bits per heavy atom. The number of carbonyl (C=O) groups is 2. The van der Waals surface area contributed by atoms with Crippen LogP contribution in [0.5, 0.6) is 0 Å². The molecule has 2 aromatic carbocycles. The highest BCUT2D eigenvalue weighted by Gasteiger charge is 2.21. The molecule has 2 aromatic rings. The molecule has 0 spiro atoms. The SMILES string of the molecule is O=CCCNC(=O)C(c1ccccc1)c1ccccc1. The molecule has 1 N–H and O–H groups in total. The lowest BCUT2D eigenvalue weighted by atomic mass is 9.90. The fourth-order valence-electron chi connectivity index (χ4n) is 2.14. The monoisotopic (exact) mass is 267 g/mol. The summed E-state index contributed by atoms with van der Waals surface area (Å²) in [6, 6.07) is 19.3. The average Bonchev–Trinajstić information content (AvgIpc) is 2.50. The van der Waals surface area contributed by atoms with Crippen LogP contribution in [0, 0.1) is 0 Å². The zero-order valence-electron chi connectivity index (χ0n) is 11.2. The van der Waals surface area contributed by atoms with Crippen LogP contribution in [0.2, 0.25) is 0 Å². The minimum absolute atomic E-state index is 0.0794. The van der Waals surface area contributed by atoms with Gasteiger partial charge in [-0.15, -0.1) is 0 Å². The van der Waals surface area contributed by atoms with E-state index < -0.39 is 0 Å². The second kappa shape index (κ2) is 7.24. The van der Waals surface area contributed by atoms with Gasteiger partial charge in [0.05, 0.1) is 5.92 Å². The van der Waals surface area contributed by atoms with Crippen LogP contribution in [0.15, 0.2) is 60.7 Å². The number of carbonyl (C=O) groups excluding carboxylic acids is 2. The second-order valence-corrected chi connectivity index (χ2v) is 4.50. The van der Waals surface area contributed by atoms with E-state index in [0.29, 0.717) is 13.0 Å². The highest BCUT2D eigenvalue weighted by molar-refractivity contribution is 5.87. The summed E-state index contributed by atoms with van der Waals surface area (Å²) in [6.45, 7) is 0.374. The van der Waals surface area contributed by atoms with Gasteiger partial charge in [-0.25, -0.2) is 0 Å². The highest BCUT2D eigenvalue weighted by atomic mass is 16.2. The molecule has 0 aliphatic carbocycles. The molecule has 0 aromatic heterocycles. The molecule has 0 aliphatic rings. The molecule has 0 heterocycles. The van der Waals surface area contributed by atoms with Gasteiger partial charge in [0.2, 0.25) is 5.91 Å². The average molecular weight is 267 g/mol. The van der Waals surface area contributed by atoms with Gasteiger partial charge in [0.25, 0.3) is 0 Å². The Hall–Kier alpha value is -2.42. The molecule has 102 valence electrons. The van der Waals surface area contributed by atoms with E-state index in [1.807, 2.05) is 60.7 Å². The van der Waals surface area contributed by atoms with Crippen molar-refractivity contribution in [1.82, 2.24) is 5.32 Å². The molecule has 0 saturated carbocycles. The third kappa shape index (κ3) is 3.54. The molecule has 0 bridgehead atoms. The zero-order valence-corrected chi connectivity index (χ0v) is 11.2. The third-order valence-corrected chi connectivity index (χ3v) is 3.09. The van der Waals surface area contributed by atoms with Crippen molar-refractivity contribution in [3.8, 4) is 0 Å². The summed E-state index contributed by atoms with van der Waals surface area (Å²) >= 11 is 0. The van der Waals surface area contributed by atoms with E-state index in [4.69, 9.17) is 0 Å². The number of benzene rings is 2. The number of nitrogens with one attached hydrogen (secondary N) is 1. The summed E-state index contributed by atoms with van der Waals surface area (Å²) in [5, 5.41) is 2.81. The van der Waals surface area contributed by atoms with E-state index >= 15 is 0 Å². The molecule has 3 nitrogen and oxygen atoms in total. The quantitative estimate of drug-likeness (QED) is 0.645. The lowest BCUT2D eigenvalue weighted by Crippen LogP contribution is -2.31. The van der Waals surface area contributed by atoms with Crippen LogP contribution in [0.1, 0.15) is 23.5 Å². The third-order valence-electron chi connectivity index (χ3n) is 3.09. The van der Waals surface area contributed by atoms with Crippen molar-refractivity contribution in [2.75, 3.05) is 6.54 Å². The van der Waals surface area contributed by atoms with Crippen LogP contribution in [0.25, 0.3) is 0 Å².